The zero-order chi connectivity index (χ0) is 23.8. The number of anilines is 1. The zero-order valence-corrected chi connectivity index (χ0v) is 18.2. The lowest BCUT2D eigenvalue weighted by Crippen LogP contribution is -2.29. The third kappa shape index (κ3) is 3.53. The Morgan fingerprint density at radius 2 is 1.71 bits per heavy atom. The first-order valence-corrected chi connectivity index (χ1v) is 10.6. The molecule has 0 radical (unpaired) electrons. The van der Waals surface area contributed by atoms with Crippen molar-refractivity contribution in [2.24, 2.45) is 0 Å². The number of hydrogen-bond donors (Lipinski definition) is 1. The Morgan fingerprint density at radius 3 is 2.41 bits per heavy atom. The van der Waals surface area contributed by atoms with Crippen LogP contribution < -0.4 is 19.1 Å². The number of Topliss-reactive ketones (excluding diaryl/α,β-unsaturated/α-hetero) is 1. The second kappa shape index (κ2) is 8.55. The summed E-state index contributed by atoms with van der Waals surface area (Å²) in [7, 11) is 1.51. The van der Waals surface area contributed by atoms with Gasteiger partial charge >= 0.3 is 0 Å². The topological polar surface area (TPSA) is 85.3 Å². The average Bonchev–Trinajstić information content (AvgIpc) is 3.13. The summed E-state index contributed by atoms with van der Waals surface area (Å²) in [5, 5.41) is 11.2. The molecule has 0 aliphatic carbocycles. The minimum absolute atomic E-state index is 0.0802. The van der Waals surface area contributed by atoms with Gasteiger partial charge in [0.05, 0.1) is 18.7 Å². The molecule has 34 heavy (non-hydrogen) atoms. The van der Waals surface area contributed by atoms with Crippen molar-refractivity contribution in [2.45, 2.75) is 6.04 Å². The largest absolute Gasteiger partial charge is 0.507 e. The fourth-order valence-electron chi connectivity index (χ4n) is 4.18. The summed E-state index contributed by atoms with van der Waals surface area (Å²) in [6.07, 6.45) is 0. The molecule has 3 aromatic carbocycles. The molecule has 1 amide bonds. The lowest BCUT2D eigenvalue weighted by atomic mass is 9.94. The van der Waals surface area contributed by atoms with Crippen LogP contribution in [-0.4, -0.2) is 37.1 Å². The molecule has 1 atom stereocenters. The number of halogens is 1. The van der Waals surface area contributed by atoms with Crippen molar-refractivity contribution in [2.75, 3.05) is 25.2 Å². The van der Waals surface area contributed by atoms with E-state index in [4.69, 9.17) is 14.2 Å². The maximum Gasteiger partial charge on any atom is 0.300 e. The number of aliphatic hydroxyl groups is 1. The first-order chi connectivity index (χ1) is 16.5. The summed E-state index contributed by atoms with van der Waals surface area (Å²) in [5.41, 5.74) is 0.468. The molecule has 1 unspecified atom stereocenters. The molecule has 2 aliphatic heterocycles. The molecule has 0 saturated carbocycles. The van der Waals surface area contributed by atoms with Gasteiger partial charge in [-0.25, -0.2) is 4.39 Å². The number of amides is 1. The first-order valence-electron chi connectivity index (χ1n) is 10.6. The van der Waals surface area contributed by atoms with Crippen LogP contribution in [0.3, 0.4) is 0 Å². The maximum atomic E-state index is 15.0. The van der Waals surface area contributed by atoms with E-state index in [1.54, 1.807) is 42.5 Å². The van der Waals surface area contributed by atoms with E-state index in [0.717, 1.165) is 0 Å². The predicted octanol–water partition coefficient (Wildman–Crippen LogP) is 4.23. The molecule has 0 bridgehead atoms. The Balaban J connectivity index is 1.69. The number of methoxy groups -OCH3 is 1. The Labute approximate surface area is 194 Å². The van der Waals surface area contributed by atoms with Gasteiger partial charge in [0.15, 0.2) is 11.5 Å². The fourth-order valence-corrected chi connectivity index (χ4v) is 4.18. The Kier molecular flexibility index (Phi) is 5.41. The molecule has 1 saturated heterocycles. The van der Waals surface area contributed by atoms with Gasteiger partial charge < -0.3 is 19.3 Å². The van der Waals surface area contributed by atoms with Gasteiger partial charge in [-0.3, -0.25) is 14.5 Å². The van der Waals surface area contributed by atoms with Crippen molar-refractivity contribution in [3.8, 4) is 17.2 Å². The van der Waals surface area contributed by atoms with E-state index >= 15 is 0 Å². The standard InChI is InChI=1S/C26H20FNO6/c1-32-17-9-7-16(8-10-17)28-23(18-4-2-3-5-19(18)27)22(25(30)26(28)31)24(29)15-6-11-20-21(14-15)34-13-12-33-20/h2-11,14,23,29H,12-13H2,1H3/b24-22+. The molecular formula is C26H20FNO6. The molecule has 8 heteroatoms. The molecule has 0 spiro atoms. The number of carbonyl (C=O) groups is 2. The van der Waals surface area contributed by atoms with Crippen molar-refractivity contribution in [1.29, 1.82) is 0 Å². The number of ketones is 1. The molecule has 1 N–H and O–H groups in total. The van der Waals surface area contributed by atoms with Crippen LogP contribution >= 0.6 is 0 Å². The van der Waals surface area contributed by atoms with Crippen LogP contribution in [0.1, 0.15) is 17.2 Å². The van der Waals surface area contributed by atoms with E-state index in [1.165, 1.54) is 36.3 Å². The van der Waals surface area contributed by atoms with Gasteiger partial charge in [0.25, 0.3) is 11.7 Å². The van der Waals surface area contributed by atoms with Crippen molar-refractivity contribution >= 4 is 23.1 Å². The quantitative estimate of drug-likeness (QED) is 0.356. The third-order valence-electron chi connectivity index (χ3n) is 5.81. The lowest BCUT2D eigenvalue weighted by molar-refractivity contribution is -0.132. The van der Waals surface area contributed by atoms with Crippen LogP contribution in [0.5, 0.6) is 17.2 Å². The van der Waals surface area contributed by atoms with E-state index < -0.39 is 29.3 Å². The molecule has 0 aromatic heterocycles. The van der Waals surface area contributed by atoms with Crippen LogP contribution in [0.15, 0.2) is 72.3 Å². The number of nitrogens with zero attached hydrogens (tertiary/aromatic N) is 1. The molecular weight excluding hydrogens is 441 g/mol. The highest BCUT2D eigenvalue weighted by molar-refractivity contribution is 6.51. The summed E-state index contributed by atoms with van der Waals surface area (Å²) in [6.45, 7) is 0.743. The minimum Gasteiger partial charge on any atom is -0.507 e. The third-order valence-corrected chi connectivity index (χ3v) is 5.81. The Morgan fingerprint density at radius 1 is 1.00 bits per heavy atom. The van der Waals surface area contributed by atoms with E-state index in [2.05, 4.69) is 0 Å². The predicted molar refractivity (Wildman–Crippen MR) is 122 cm³/mol. The summed E-state index contributed by atoms with van der Waals surface area (Å²) < 4.78 is 31.2. The number of aliphatic hydroxyl groups excluding tert-OH is 1. The van der Waals surface area contributed by atoms with E-state index in [1.807, 2.05) is 0 Å². The van der Waals surface area contributed by atoms with E-state index in [9.17, 15) is 19.1 Å². The molecule has 2 aliphatic rings. The van der Waals surface area contributed by atoms with Crippen LogP contribution in [0.25, 0.3) is 5.76 Å². The monoisotopic (exact) mass is 461 g/mol. The first kappa shape index (κ1) is 21.5. The van der Waals surface area contributed by atoms with Gasteiger partial charge in [0.2, 0.25) is 0 Å². The van der Waals surface area contributed by atoms with Gasteiger partial charge in [0.1, 0.15) is 30.5 Å². The van der Waals surface area contributed by atoms with Crippen molar-refractivity contribution in [3.05, 3.63) is 89.2 Å². The van der Waals surface area contributed by atoms with Gasteiger partial charge in [-0.05, 0) is 48.5 Å². The highest BCUT2D eigenvalue weighted by Gasteiger charge is 2.47. The number of fused-ring (bicyclic) bond motifs is 1. The number of ether oxygens (including phenoxy) is 3. The molecule has 7 nitrogen and oxygen atoms in total. The van der Waals surface area contributed by atoms with Crippen LogP contribution in [0.2, 0.25) is 0 Å². The zero-order valence-electron chi connectivity index (χ0n) is 18.2. The maximum absolute atomic E-state index is 15.0. The smallest absolute Gasteiger partial charge is 0.300 e. The highest BCUT2D eigenvalue weighted by Crippen LogP contribution is 2.44. The summed E-state index contributed by atoms with van der Waals surface area (Å²) in [5.74, 6) is -1.37. The van der Waals surface area contributed by atoms with Crippen LogP contribution in [-0.2, 0) is 9.59 Å². The van der Waals surface area contributed by atoms with Crippen LogP contribution in [0.4, 0.5) is 10.1 Å². The highest BCUT2D eigenvalue weighted by atomic mass is 19.1. The normalized spacial score (nSPS) is 18.8. The van der Waals surface area contributed by atoms with Gasteiger partial charge in [0, 0.05) is 16.8 Å². The molecule has 2 heterocycles. The van der Waals surface area contributed by atoms with Gasteiger partial charge in [-0.15, -0.1) is 0 Å². The molecule has 172 valence electrons. The summed E-state index contributed by atoms with van der Waals surface area (Å²) in [6, 6.07) is 15.8. The second-order valence-electron chi connectivity index (χ2n) is 7.75. The van der Waals surface area contributed by atoms with Gasteiger partial charge in [-0.1, -0.05) is 18.2 Å². The fraction of sp³-hybridized carbons (Fsp3) is 0.154. The number of carbonyl (C=O) groups excluding carboxylic acids is 2. The van der Waals surface area contributed by atoms with Gasteiger partial charge in [-0.2, -0.15) is 0 Å². The lowest BCUT2D eigenvalue weighted by Gasteiger charge is -2.26. The summed E-state index contributed by atoms with van der Waals surface area (Å²) >= 11 is 0. The van der Waals surface area contributed by atoms with E-state index in [-0.39, 0.29) is 16.7 Å². The molecule has 1 fully saturated rings. The van der Waals surface area contributed by atoms with Crippen molar-refractivity contribution in [3.63, 3.8) is 0 Å². The SMILES string of the molecule is COc1ccc(N2C(=O)C(=O)/C(=C(/O)c3ccc4c(c3)OCCO4)C2c2ccccc2F)cc1. The van der Waals surface area contributed by atoms with E-state index in [0.29, 0.717) is 36.1 Å². The number of rotatable bonds is 4. The van der Waals surface area contributed by atoms with Crippen LogP contribution in [0, 0.1) is 5.82 Å². The Hall–Kier alpha value is -4.33. The second-order valence-corrected chi connectivity index (χ2v) is 7.75. The number of hydrogen-bond acceptors (Lipinski definition) is 6. The Bertz CT molecular complexity index is 1320. The summed E-state index contributed by atoms with van der Waals surface area (Å²) in [4.78, 5) is 27.5. The van der Waals surface area contributed by atoms with Crippen molar-refractivity contribution in [1.82, 2.24) is 0 Å². The molecule has 5 rings (SSSR count). The molecule has 3 aromatic rings. The van der Waals surface area contributed by atoms with Crippen molar-refractivity contribution < 1.29 is 33.3 Å². The average molecular weight is 461 g/mol. The number of benzene rings is 3. The minimum atomic E-state index is -1.18.